The molecule has 1 amide bonds. The number of nitrogens with one attached hydrogen (secondary N) is 1. The number of ether oxygens (including phenoxy) is 4. The summed E-state index contributed by atoms with van der Waals surface area (Å²) < 4.78 is 51.6. The van der Waals surface area contributed by atoms with Crippen molar-refractivity contribution in [2.75, 3.05) is 54.1 Å². The van der Waals surface area contributed by atoms with E-state index in [1.807, 2.05) is 58.3 Å². The summed E-state index contributed by atoms with van der Waals surface area (Å²) in [7, 11) is 1.51. The molecule has 12 heteroatoms. The van der Waals surface area contributed by atoms with Gasteiger partial charge < -0.3 is 34.3 Å². The smallest absolute Gasteiger partial charge is 0.407 e. The second-order valence-corrected chi connectivity index (χ2v) is 15.0. The van der Waals surface area contributed by atoms with Crippen LogP contribution in [0.1, 0.15) is 38.7 Å². The minimum Gasteiger partial charge on any atom is -0.497 e. The van der Waals surface area contributed by atoms with E-state index in [0.717, 1.165) is 31.4 Å². The maximum atomic E-state index is 14.1. The molecule has 2 aromatic rings. The van der Waals surface area contributed by atoms with Gasteiger partial charge >= 0.3 is 6.09 Å². The van der Waals surface area contributed by atoms with Gasteiger partial charge in [-0.25, -0.2) is 13.2 Å². The van der Waals surface area contributed by atoms with Gasteiger partial charge in [-0.05, 0) is 81.6 Å². The Morgan fingerprint density at radius 3 is 2.49 bits per heavy atom. The lowest BCUT2D eigenvalue weighted by atomic mass is 9.87. The van der Waals surface area contributed by atoms with Crippen LogP contribution in [0.25, 0.3) is 0 Å². The molecule has 2 saturated heterocycles. The van der Waals surface area contributed by atoms with Gasteiger partial charge in [-0.15, -0.1) is 0 Å². The van der Waals surface area contributed by atoms with Crippen molar-refractivity contribution < 1.29 is 37.3 Å². The first-order chi connectivity index (χ1) is 21.4. The van der Waals surface area contributed by atoms with Crippen LogP contribution in [0.4, 0.5) is 4.79 Å². The van der Waals surface area contributed by atoms with E-state index in [-0.39, 0.29) is 48.6 Å². The zero-order valence-electron chi connectivity index (χ0n) is 27.1. The Morgan fingerprint density at radius 1 is 1.11 bits per heavy atom. The van der Waals surface area contributed by atoms with E-state index in [1.165, 1.54) is 23.5 Å². The van der Waals surface area contributed by atoms with E-state index in [2.05, 4.69) is 10.2 Å². The fourth-order valence-corrected chi connectivity index (χ4v) is 7.58. The number of aliphatic hydroxyl groups is 1. The molecule has 0 saturated carbocycles. The monoisotopic (exact) mass is 647 g/mol. The molecule has 5 atom stereocenters. The summed E-state index contributed by atoms with van der Waals surface area (Å²) in [5.74, 6) is 0.506. The van der Waals surface area contributed by atoms with Crippen molar-refractivity contribution in [3.05, 3.63) is 60.2 Å². The Kier molecular flexibility index (Phi) is 12.3. The van der Waals surface area contributed by atoms with Crippen molar-refractivity contribution in [1.29, 1.82) is 0 Å². The molecule has 2 N–H and O–H groups in total. The average Bonchev–Trinajstić information content (AvgIpc) is 3.62. The molecule has 11 nitrogen and oxygen atoms in total. The van der Waals surface area contributed by atoms with Gasteiger partial charge in [-0.3, -0.25) is 0 Å². The number of amides is 1. The second-order valence-electron chi connectivity index (χ2n) is 13.0. The number of hydrogen-bond donors (Lipinski definition) is 2. The fourth-order valence-electron chi connectivity index (χ4n) is 5.93. The van der Waals surface area contributed by atoms with Crippen molar-refractivity contribution in [3.8, 4) is 5.75 Å². The first-order valence-electron chi connectivity index (χ1n) is 15.6. The first kappa shape index (κ1) is 35.1. The zero-order chi connectivity index (χ0) is 32.6. The molecular weight excluding hydrogens is 598 g/mol. The van der Waals surface area contributed by atoms with Gasteiger partial charge in [-0.1, -0.05) is 44.2 Å². The third-order valence-electron chi connectivity index (χ3n) is 8.46. The third kappa shape index (κ3) is 9.87. The number of alkyl carbamates (subject to hydrolysis) is 1. The molecule has 0 spiro atoms. The number of fused-ring (bicyclic) bond motifs is 1. The lowest BCUT2D eigenvalue weighted by Gasteiger charge is -2.35. The summed E-state index contributed by atoms with van der Waals surface area (Å²) in [5, 5.41) is 14.5. The number of rotatable bonds is 16. The summed E-state index contributed by atoms with van der Waals surface area (Å²) in [6.07, 6.45) is -0.0786. The summed E-state index contributed by atoms with van der Waals surface area (Å²) >= 11 is 0. The predicted molar refractivity (Wildman–Crippen MR) is 170 cm³/mol. The lowest BCUT2D eigenvalue weighted by Crippen LogP contribution is -2.52. The molecule has 2 aliphatic heterocycles. The van der Waals surface area contributed by atoms with Crippen LogP contribution in [-0.4, -0.2) is 107 Å². The van der Waals surface area contributed by atoms with Gasteiger partial charge in [0.25, 0.3) is 0 Å². The molecule has 2 aliphatic rings. The van der Waals surface area contributed by atoms with Crippen LogP contribution >= 0.6 is 0 Å². The maximum Gasteiger partial charge on any atom is 0.407 e. The standard InChI is InChI=1S/C33H49N3O8S/c1-33(2,17-9-18-35(3)4)23-36(45(39,40)26-14-12-25(41-5)13-15-26)21-29(37)28(20-24-10-7-6-8-11-24)34-32(38)44-30-22-43-31-27(30)16-19-42-31/h6-8,10-15,27-31,37H,9,16-23H2,1-5H3,(H,34,38)/t27-,28-,29+,30-,31+/m0/s1. The maximum absolute atomic E-state index is 14.1. The number of sulfonamides is 1. The van der Waals surface area contributed by atoms with E-state index >= 15 is 0 Å². The fraction of sp³-hybridized carbons (Fsp3) is 0.606. The first-order valence-corrected chi connectivity index (χ1v) is 17.0. The number of benzene rings is 2. The Bertz CT molecular complexity index is 1320. The predicted octanol–water partition coefficient (Wildman–Crippen LogP) is 3.51. The van der Waals surface area contributed by atoms with Gasteiger partial charge in [0.2, 0.25) is 10.0 Å². The number of methoxy groups -OCH3 is 1. The molecular formula is C33H49N3O8S. The molecule has 2 heterocycles. The normalized spacial score (nSPS) is 21.5. The summed E-state index contributed by atoms with van der Waals surface area (Å²) in [6.45, 7) is 5.69. The Morgan fingerprint density at radius 2 is 1.82 bits per heavy atom. The van der Waals surface area contributed by atoms with E-state index in [4.69, 9.17) is 18.9 Å². The van der Waals surface area contributed by atoms with E-state index in [9.17, 15) is 18.3 Å². The molecule has 250 valence electrons. The minimum atomic E-state index is -4.03. The number of carbonyl (C=O) groups is 1. The Labute approximate surface area is 267 Å². The Hall–Kier alpha value is -2.74. The van der Waals surface area contributed by atoms with Crippen LogP contribution in [0.15, 0.2) is 59.5 Å². The topological polar surface area (TPSA) is 127 Å². The van der Waals surface area contributed by atoms with Gasteiger partial charge in [0.15, 0.2) is 6.29 Å². The SMILES string of the molecule is COc1ccc(S(=O)(=O)N(C[C@@H](O)[C@H](Cc2ccccc2)NC(=O)O[C@H]2CO[C@H]3OCC[C@H]32)CC(C)(C)CCCN(C)C)cc1. The third-order valence-corrected chi connectivity index (χ3v) is 10.3. The summed E-state index contributed by atoms with van der Waals surface area (Å²) in [5.41, 5.74) is 0.489. The lowest BCUT2D eigenvalue weighted by molar-refractivity contribution is -0.0907. The second kappa shape index (κ2) is 15.7. The van der Waals surface area contributed by atoms with Crippen molar-refractivity contribution in [2.45, 2.75) is 69.0 Å². The van der Waals surface area contributed by atoms with Crippen molar-refractivity contribution in [1.82, 2.24) is 14.5 Å². The molecule has 45 heavy (non-hydrogen) atoms. The van der Waals surface area contributed by atoms with Crippen LogP contribution < -0.4 is 10.1 Å². The largest absolute Gasteiger partial charge is 0.497 e. The summed E-state index contributed by atoms with van der Waals surface area (Å²) in [4.78, 5) is 15.4. The van der Waals surface area contributed by atoms with Gasteiger partial charge in [0.05, 0.1) is 43.3 Å². The van der Waals surface area contributed by atoms with Gasteiger partial charge in [-0.2, -0.15) is 4.31 Å². The van der Waals surface area contributed by atoms with Crippen molar-refractivity contribution in [2.24, 2.45) is 11.3 Å². The summed E-state index contributed by atoms with van der Waals surface area (Å²) in [6, 6.07) is 14.8. The number of aliphatic hydroxyl groups excluding tert-OH is 1. The Balaban J connectivity index is 1.55. The highest BCUT2D eigenvalue weighted by Gasteiger charge is 2.44. The number of hydrogen-bond acceptors (Lipinski definition) is 9. The molecule has 0 bridgehead atoms. The molecule has 4 rings (SSSR count). The van der Waals surface area contributed by atoms with E-state index in [1.54, 1.807) is 12.1 Å². The number of carbonyl (C=O) groups excluding carboxylic acids is 1. The van der Waals surface area contributed by atoms with E-state index in [0.29, 0.717) is 12.4 Å². The zero-order valence-corrected chi connectivity index (χ0v) is 27.9. The van der Waals surface area contributed by atoms with Crippen LogP contribution in [0, 0.1) is 11.3 Å². The van der Waals surface area contributed by atoms with Gasteiger partial charge in [0.1, 0.15) is 11.9 Å². The average molecular weight is 648 g/mol. The molecule has 0 aromatic heterocycles. The van der Waals surface area contributed by atoms with Crippen LogP contribution in [0.2, 0.25) is 0 Å². The van der Waals surface area contributed by atoms with E-state index < -0.39 is 34.4 Å². The molecule has 0 unspecified atom stereocenters. The molecule has 0 radical (unpaired) electrons. The molecule has 2 fully saturated rings. The van der Waals surface area contributed by atoms with Crippen LogP contribution in [0.5, 0.6) is 5.75 Å². The molecule has 2 aromatic carbocycles. The highest BCUT2D eigenvalue weighted by Crippen LogP contribution is 2.33. The van der Waals surface area contributed by atoms with Crippen LogP contribution in [0.3, 0.4) is 0 Å². The number of nitrogens with zero attached hydrogens (tertiary/aromatic N) is 2. The van der Waals surface area contributed by atoms with Crippen LogP contribution in [-0.2, 0) is 30.7 Å². The highest BCUT2D eigenvalue weighted by molar-refractivity contribution is 7.89. The minimum absolute atomic E-state index is 0.0342. The van der Waals surface area contributed by atoms with Crippen molar-refractivity contribution in [3.63, 3.8) is 0 Å². The van der Waals surface area contributed by atoms with Crippen molar-refractivity contribution >= 4 is 16.1 Å². The quantitative estimate of drug-likeness (QED) is 0.282. The molecule has 0 aliphatic carbocycles. The van der Waals surface area contributed by atoms with Gasteiger partial charge in [0, 0.05) is 13.1 Å². The highest BCUT2D eigenvalue weighted by atomic mass is 32.2.